The number of esters is 1. The summed E-state index contributed by atoms with van der Waals surface area (Å²) in [6, 6.07) is 4.35. The normalized spacial score (nSPS) is 11.2. The number of carbonyl (C=O) groups excluding carboxylic acids is 2. The third-order valence-electron chi connectivity index (χ3n) is 2.76. The highest BCUT2D eigenvalue weighted by molar-refractivity contribution is 9.10. The van der Waals surface area contributed by atoms with E-state index in [1.165, 1.54) is 18.3 Å². The number of alkyl halides is 3. The zero-order chi connectivity index (χ0) is 17.9. The molecular formula is C14H9BrClF3N2O3. The van der Waals surface area contributed by atoms with Gasteiger partial charge in [-0.05, 0) is 40.2 Å². The topological polar surface area (TPSA) is 71.2 Å². The maximum absolute atomic E-state index is 12.9. The summed E-state index contributed by atoms with van der Waals surface area (Å²) in [5.41, 5.74) is -1.48. The first-order valence-corrected chi connectivity index (χ1v) is 7.51. The van der Waals surface area contributed by atoms with E-state index in [1.807, 2.05) is 5.32 Å². The molecule has 1 heterocycles. The number of H-pyrrole nitrogens is 1. The number of hydrogen-bond donors (Lipinski definition) is 2. The lowest BCUT2D eigenvalue weighted by Crippen LogP contribution is -2.22. The van der Waals surface area contributed by atoms with Crippen molar-refractivity contribution in [1.29, 1.82) is 0 Å². The monoisotopic (exact) mass is 424 g/mol. The van der Waals surface area contributed by atoms with Crippen molar-refractivity contribution in [3.63, 3.8) is 0 Å². The average molecular weight is 426 g/mol. The van der Waals surface area contributed by atoms with Gasteiger partial charge in [0.15, 0.2) is 6.61 Å². The molecule has 0 aliphatic heterocycles. The molecule has 0 aliphatic rings. The molecule has 0 saturated carbocycles. The lowest BCUT2D eigenvalue weighted by molar-refractivity contribution is -0.137. The Morgan fingerprint density at radius 3 is 2.58 bits per heavy atom. The molecule has 1 amide bonds. The third kappa shape index (κ3) is 4.75. The minimum absolute atomic E-state index is 0.0946. The van der Waals surface area contributed by atoms with E-state index in [0.717, 1.165) is 6.07 Å². The molecule has 1 aromatic carbocycles. The van der Waals surface area contributed by atoms with Gasteiger partial charge in [0.1, 0.15) is 5.69 Å². The first kappa shape index (κ1) is 18.3. The van der Waals surface area contributed by atoms with Gasteiger partial charge in [0.25, 0.3) is 5.91 Å². The molecule has 1 aromatic heterocycles. The Bertz CT molecular complexity index is 777. The molecule has 0 atom stereocenters. The molecule has 2 rings (SSSR count). The molecule has 0 bridgehead atoms. The molecule has 0 aliphatic carbocycles. The van der Waals surface area contributed by atoms with Crippen LogP contribution in [0.25, 0.3) is 0 Å². The number of carbonyl (C=O) groups is 2. The maximum atomic E-state index is 12.9. The summed E-state index contributed by atoms with van der Waals surface area (Å²) in [6.45, 7) is -0.741. The first-order valence-electron chi connectivity index (χ1n) is 6.34. The van der Waals surface area contributed by atoms with E-state index in [0.29, 0.717) is 10.5 Å². The fourth-order valence-electron chi connectivity index (χ4n) is 1.74. The number of rotatable bonds is 4. The molecule has 10 heteroatoms. The Balaban J connectivity index is 2.01. The highest BCUT2D eigenvalue weighted by Crippen LogP contribution is 2.36. The number of aromatic amines is 1. The zero-order valence-corrected chi connectivity index (χ0v) is 14.1. The maximum Gasteiger partial charge on any atom is 0.418 e. The quantitative estimate of drug-likeness (QED) is 0.720. The molecule has 2 N–H and O–H groups in total. The van der Waals surface area contributed by atoms with E-state index < -0.39 is 35.9 Å². The van der Waals surface area contributed by atoms with Gasteiger partial charge < -0.3 is 15.0 Å². The van der Waals surface area contributed by atoms with Crippen LogP contribution in [0.2, 0.25) is 5.02 Å². The van der Waals surface area contributed by atoms with Crippen molar-refractivity contribution in [2.24, 2.45) is 0 Å². The van der Waals surface area contributed by atoms with Gasteiger partial charge in [-0.25, -0.2) is 4.79 Å². The van der Waals surface area contributed by atoms with Crippen LogP contribution < -0.4 is 5.32 Å². The van der Waals surface area contributed by atoms with E-state index in [1.54, 1.807) is 0 Å². The van der Waals surface area contributed by atoms with Crippen molar-refractivity contribution >= 4 is 45.1 Å². The molecule has 2 aromatic rings. The van der Waals surface area contributed by atoms with Crippen molar-refractivity contribution in [1.82, 2.24) is 4.98 Å². The summed E-state index contributed by atoms with van der Waals surface area (Å²) in [5, 5.41) is 1.92. The lowest BCUT2D eigenvalue weighted by Gasteiger charge is -2.14. The molecule has 0 saturated heterocycles. The predicted molar refractivity (Wildman–Crippen MR) is 83.9 cm³/mol. The average Bonchev–Trinajstić information content (AvgIpc) is 2.92. The highest BCUT2D eigenvalue weighted by Gasteiger charge is 2.34. The van der Waals surface area contributed by atoms with Crippen LogP contribution in [0, 0.1) is 0 Å². The number of nitrogens with one attached hydrogen (secondary N) is 2. The van der Waals surface area contributed by atoms with Crippen molar-refractivity contribution in [2.75, 3.05) is 11.9 Å². The van der Waals surface area contributed by atoms with Crippen LogP contribution in [0.5, 0.6) is 0 Å². The molecule has 0 spiro atoms. The van der Waals surface area contributed by atoms with Gasteiger partial charge in [0.2, 0.25) is 0 Å². The summed E-state index contributed by atoms with van der Waals surface area (Å²) in [6.07, 6.45) is -3.21. The van der Waals surface area contributed by atoms with Crippen LogP contribution in [0.3, 0.4) is 0 Å². The summed E-state index contributed by atoms with van der Waals surface area (Å²) in [5.74, 6) is -1.73. The van der Waals surface area contributed by atoms with Gasteiger partial charge in [-0.3, -0.25) is 4.79 Å². The summed E-state index contributed by atoms with van der Waals surface area (Å²) in [4.78, 5) is 25.9. The van der Waals surface area contributed by atoms with Crippen LogP contribution in [0.4, 0.5) is 18.9 Å². The molecule has 0 unspecified atom stereocenters. The Morgan fingerprint density at radius 1 is 1.29 bits per heavy atom. The molecule has 128 valence electrons. The smallest absolute Gasteiger partial charge is 0.418 e. The van der Waals surface area contributed by atoms with Crippen LogP contribution in [0.15, 0.2) is 34.9 Å². The van der Waals surface area contributed by atoms with E-state index in [2.05, 4.69) is 20.9 Å². The van der Waals surface area contributed by atoms with E-state index >= 15 is 0 Å². The van der Waals surface area contributed by atoms with Crippen LogP contribution in [-0.2, 0) is 15.7 Å². The minimum atomic E-state index is -4.69. The largest absolute Gasteiger partial charge is 0.451 e. The van der Waals surface area contributed by atoms with Gasteiger partial charge in [-0.15, -0.1) is 0 Å². The van der Waals surface area contributed by atoms with Crippen LogP contribution >= 0.6 is 27.5 Å². The van der Waals surface area contributed by atoms with E-state index in [-0.39, 0.29) is 10.7 Å². The molecule has 0 fully saturated rings. The number of anilines is 1. The number of benzene rings is 1. The zero-order valence-electron chi connectivity index (χ0n) is 11.7. The number of halogens is 5. The van der Waals surface area contributed by atoms with Crippen molar-refractivity contribution in [3.8, 4) is 0 Å². The second-order valence-corrected chi connectivity index (χ2v) is 5.90. The minimum Gasteiger partial charge on any atom is -0.451 e. The number of hydrogen-bond acceptors (Lipinski definition) is 3. The fourth-order valence-corrected chi connectivity index (χ4v) is 2.26. The Hall–Kier alpha value is -2.00. The SMILES string of the molecule is O=C(COC(=O)c1cc(Br)c[nH]1)Nc1ccc(Cl)cc1C(F)(F)F. The Morgan fingerprint density at radius 2 is 2.00 bits per heavy atom. The van der Waals surface area contributed by atoms with Gasteiger partial charge in [0, 0.05) is 15.7 Å². The Labute approximate surface area is 147 Å². The lowest BCUT2D eigenvalue weighted by atomic mass is 10.1. The van der Waals surface area contributed by atoms with Gasteiger partial charge in [-0.2, -0.15) is 13.2 Å². The fraction of sp³-hybridized carbons (Fsp3) is 0.143. The summed E-state index contributed by atoms with van der Waals surface area (Å²) in [7, 11) is 0. The third-order valence-corrected chi connectivity index (χ3v) is 3.46. The van der Waals surface area contributed by atoms with Crippen molar-refractivity contribution in [3.05, 3.63) is 51.2 Å². The highest BCUT2D eigenvalue weighted by atomic mass is 79.9. The molecular weight excluding hydrogens is 417 g/mol. The van der Waals surface area contributed by atoms with E-state index in [9.17, 15) is 22.8 Å². The standard InChI is InChI=1S/C14H9BrClF3N2O3/c15-7-3-11(20-5-7)13(23)24-6-12(22)21-10-2-1-8(16)4-9(10)14(17,18)19/h1-5,20H,6H2,(H,21,22). The second kappa shape index (κ2) is 7.27. The van der Waals surface area contributed by atoms with Gasteiger partial charge >= 0.3 is 12.1 Å². The molecule has 0 radical (unpaired) electrons. The van der Waals surface area contributed by atoms with Crippen molar-refractivity contribution < 1.29 is 27.5 Å². The van der Waals surface area contributed by atoms with Gasteiger partial charge in [-0.1, -0.05) is 11.6 Å². The van der Waals surface area contributed by atoms with E-state index in [4.69, 9.17) is 16.3 Å². The van der Waals surface area contributed by atoms with Crippen molar-refractivity contribution in [2.45, 2.75) is 6.18 Å². The second-order valence-electron chi connectivity index (χ2n) is 4.54. The number of aromatic nitrogens is 1. The van der Waals surface area contributed by atoms with Crippen LogP contribution in [-0.4, -0.2) is 23.5 Å². The predicted octanol–water partition coefficient (Wildman–Crippen LogP) is 4.24. The molecule has 24 heavy (non-hydrogen) atoms. The van der Waals surface area contributed by atoms with Crippen LogP contribution in [0.1, 0.15) is 16.1 Å². The van der Waals surface area contributed by atoms with Gasteiger partial charge in [0.05, 0.1) is 11.3 Å². The molecule has 5 nitrogen and oxygen atoms in total. The first-order chi connectivity index (χ1) is 11.2. The number of ether oxygens (including phenoxy) is 1. The Kier molecular flexibility index (Phi) is 5.55. The number of amides is 1. The summed E-state index contributed by atoms with van der Waals surface area (Å²) < 4.78 is 44.1. The summed E-state index contributed by atoms with van der Waals surface area (Å²) >= 11 is 8.66.